The van der Waals surface area contributed by atoms with Gasteiger partial charge in [-0.2, -0.15) is 0 Å². The standard InChI is InChI=1S/C11H21NO2/c1-4-9(3)12-7-6-11(5-2,8-12)10(13)14/h9H,4-8H2,1-3H3,(H,13,14). The van der Waals surface area contributed by atoms with Crippen LogP contribution in [-0.2, 0) is 4.79 Å². The van der Waals surface area contributed by atoms with E-state index in [9.17, 15) is 9.90 Å². The van der Waals surface area contributed by atoms with Crippen LogP contribution in [0.4, 0.5) is 0 Å². The number of nitrogens with zero attached hydrogens (tertiary/aromatic N) is 1. The van der Waals surface area contributed by atoms with E-state index < -0.39 is 11.4 Å². The highest BCUT2D eigenvalue weighted by Gasteiger charge is 2.43. The second kappa shape index (κ2) is 4.30. The van der Waals surface area contributed by atoms with Crippen LogP contribution in [0, 0.1) is 5.41 Å². The van der Waals surface area contributed by atoms with Crippen LogP contribution >= 0.6 is 0 Å². The summed E-state index contributed by atoms with van der Waals surface area (Å²) >= 11 is 0. The molecule has 0 saturated carbocycles. The summed E-state index contributed by atoms with van der Waals surface area (Å²) in [5.41, 5.74) is -0.469. The van der Waals surface area contributed by atoms with Crippen molar-refractivity contribution >= 4 is 5.97 Å². The van der Waals surface area contributed by atoms with Crippen molar-refractivity contribution in [3.8, 4) is 0 Å². The minimum absolute atomic E-state index is 0.469. The Morgan fingerprint density at radius 1 is 1.57 bits per heavy atom. The molecule has 0 aromatic heterocycles. The maximum absolute atomic E-state index is 11.2. The summed E-state index contributed by atoms with van der Waals surface area (Å²) in [5.74, 6) is -0.620. The molecule has 0 aromatic carbocycles. The van der Waals surface area contributed by atoms with Crippen LogP contribution in [0.5, 0.6) is 0 Å². The largest absolute Gasteiger partial charge is 0.481 e. The highest BCUT2D eigenvalue weighted by Crippen LogP contribution is 2.35. The molecule has 0 bridgehead atoms. The van der Waals surface area contributed by atoms with E-state index >= 15 is 0 Å². The molecule has 0 spiro atoms. The predicted octanol–water partition coefficient (Wildman–Crippen LogP) is 1.97. The Labute approximate surface area is 86.1 Å². The molecule has 1 fully saturated rings. The zero-order valence-electron chi connectivity index (χ0n) is 9.42. The zero-order chi connectivity index (χ0) is 10.8. The lowest BCUT2D eigenvalue weighted by Gasteiger charge is -2.26. The summed E-state index contributed by atoms with van der Waals surface area (Å²) < 4.78 is 0. The van der Waals surface area contributed by atoms with Crippen molar-refractivity contribution in [1.29, 1.82) is 0 Å². The van der Waals surface area contributed by atoms with Gasteiger partial charge < -0.3 is 5.11 Å². The van der Waals surface area contributed by atoms with Crippen molar-refractivity contribution in [2.24, 2.45) is 5.41 Å². The number of carbonyl (C=O) groups is 1. The van der Waals surface area contributed by atoms with Crippen LogP contribution < -0.4 is 0 Å². The summed E-state index contributed by atoms with van der Waals surface area (Å²) in [6.45, 7) is 7.97. The van der Waals surface area contributed by atoms with E-state index in [0.29, 0.717) is 6.04 Å². The Morgan fingerprint density at radius 3 is 2.57 bits per heavy atom. The smallest absolute Gasteiger partial charge is 0.310 e. The number of rotatable bonds is 4. The van der Waals surface area contributed by atoms with Crippen LogP contribution in [0.3, 0.4) is 0 Å². The third-order valence-corrected chi connectivity index (χ3v) is 3.73. The predicted molar refractivity (Wildman–Crippen MR) is 56.3 cm³/mol. The van der Waals surface area contributed by atoms with E-state index in [1.807, 2.05) is 6.92 Å². The molecule has 1 rings (SSSR count). The van der Waals surface area contributed by atoms with Gasteiger partial charge in [0.25, 0.3) is 0 Å². The summed E-state index contributed by atoms with van der Waals surface area (Å²) in [6, 6.07) is 0.516. The molecule has 0 radical (unpaired) electrons. The van der Waals surface area contributed by atoms with Crippen molar-refractivity contribution in [1.82, 2.24) is 4.90 Å². The van der Waals surface area contributed by atoms with Gasteiger partial charge in [0.1, 0.15) is 0 Å². The number of carboxylic acids is 1. The van der Waals surface area contributed by atoms with Crippen molar-refractivity contribution in [3.05, 3.63) is 0 Å². The number of hydrogen-bond donors (Lipinski definition) is 1. The van der Waals surface area contributed by atoms with Gasteiger partial charge in [0.15, 0.2) is 0 Å². The maximum Gasteiger partial charge on any atom is 0.310 e. The number of carboxylic acid groups (broad SMARTS) is 1. The van der Waals surface area contributed by atoms with Crippen molar-refractivity contribution < 1.29 is 9.90 Å². The molecular formula is C11H21NO2. The van der Waals surface area contributed by atoms with Crippen LogP contribution in [0.1, 0.15) is 40.0 Å². The summed E-state index contributed by atoms with van der Waals surface area (Å²) in [7, 11) is 0. The van der Waals surface area contributed by atoms with Crippen molar-refractivity contribution in [2.75, 3.05) is 13.1 Å². The van der Waals surface area contributed by atoms with Gasteiger partial charge >= 0.3 is 5.97 Å². The number of aliphatic carboxylic acids is 1. The summed E-state index contributed by atoms with van der Waals surface area (Å²) in [4.78, 5) is 13.5. The average Bonchev–Trinajstić information content (AvgIpc) is 2.62. The molecule has 1 N–H and O–H groups in total. The Bertz CT molecular complexity index is 217. The zero-order valence-corrected chi connectivity index (χ0v) is 9.42. The normalized spacial score (nSPS) is 30.5. The summed E-state index contributed by atoms with van der Waals surface area (Å²) in [5, 5.41) is 9.21. The molecule has 82 valence electrons. The van der Waals surface area contributed by atoms with Gasteiger partial charge in [0.05, 0.1) is 5.41 Å². The first-order valence-corrected chi connectivity index (χ1v) is 5.53. The van der Waals surface area contributed by atoms with Gasteiger partial charge in [0.2, 0.25) is 0 Å². The first-order valence-electron chi connectivity index (χ1n) is 5.53. The molecular weight excluding hydrogens is 178 g/mol. The van der Waals surface area contributed by atoms with Gasteiger partial charge in [-0.1, -0.05) is 13.8 Å². The molecule has 14 heavy (non-hydrogen) atoms. The fourth-order valence-corrected chi connectivity index (χ4v) is 2.15. The third-order valence-electron chi connectivity index (χ3n) is 3.73. The topological polar surface area (TPSA) is 40.5 Å². The Hall–Kier alpha value is -0.570. The number of likely N-dealkylation sites (tertiary alicyclic amines) is 1. The van der Waals surface area contributed by atoms with Crippen LogP contribution in [-0.4, -0.2) is 35.1 Å². The minimum Gasteiger partial charge on any atom is -0.481 e. The molecule has 0 aromatic rings. The Balaban J connectivity index is 2.66. The Morgan fingerprint density at radius 2 is 2.21 bits per heavy atom. The second-order valence-electron chi connectivity index (χ2n) is 4.42. The van der Waals surface area contributed by atoms with Gasteiger partial charge in [0, 0.05) is 12.6 Å². The fraction of sp³-hybridized carbons (Fsp3) is 0.909. The molecule has 1 saturated heterocycles. The van der Waals surface area contributed by atoms with E-state index in [0.717, 1.165) is 32.4 Å². The molecule has 1 aliphatic heterocycles. The van der Waals surface area contributed by atoms with Crippen LogP contribution in [0.25, 0.3) is 0 Å². The minimum atomic E-state index is -0.620. The quantitative estimate of drug-likeness (QED) is 0.752. The van der Waals surface area contributed by atoms with E-state index in [2.05, 4.69) is 18.7 Å². The van der Waals surface area contributed by atoms with Crippen LogP contribution in [0.15, 0.2) is 0 Å². The lowest BCUT2D eigenvalue weighted by Crippen LogP contribution is -2.37. The van der Waals surface area contributed by atoms with E-state index in [1.54, 1.807) is 0 Å². The monoisotopic (exact) mass is 199 g/mol. The first kappa shape index (κ1) is 11.5. The lowest BCUT2D eigenvalue weighted by atomic mass is 9.84. The first-order chi connectivity index (χ1) is 6.55. The molecule has 0 aliphatic carbocycles. The molecule has 2 unspecified atom stereocenters. The van der Waals surface area contributed by atoms with Gasteiger partial charge in [-0.25, -0.2) is 0 Å². The van der Waals surface area contributed by atoms with E-state index in [-0.39, 0.29) is 0 Å². The lowest BCUT2D eigenvalue weighted by molar-refractivity contribution is -0.148. The van der Waals surface area contributed by atoms with Crippen LogP contribution in [0.2, 0.25) is 0 Å². The van der Waals surface area contributed by atoms with Crippen molar-refractivity contribution in [3.63, 3.8) is 0 Å². The summed E-state index contributed by atoms with van der Waals surface area (Å²) in [6.07, 6.45) is 2.65. The molecule has 2 atom stereocenters. The maximum atomic E-state index is 11.2. The van der Waals surface area contributed by atoms with E-state index in [1.165, 1.54) is 0 Å². The molecule has 0 amide bonds. The average molecular weight is 199 g/mol. The van der Waals surface area contributed by atoms with Gasteiger partial charge in [-0.15, -0.1) is 0 Å². The molecule has 3 nitrogen and oxygen atoms in total. The highest BCUT2D eigenvalue weighted by molar-refractivity contribution is 5.75. The molecule has 1 heterocycles. The van der Waals surface area contributed by atoms with E-state index in [4.69, 9.17) is 0 Å². The van der Waals surface area contributed by atoms with Gasteiger partial charge in [-0.3, -0.25) is 9.69 Å². The Kier molecular flexibility index (Phi) is 3.53. The molecule has 1 aliphatic rings. The van der Waals surface area contributed by atoms with Gasteiger partial charge in [-0.05, 0) is 32.7 Å². The second-order valence-corrected chi connectivity index (χ2v) is 4.42. The van der Waals surface area contributed by atoms with Crippen molar-refractivity contribution in [2.45, 2.75) is 46.1 Å². The third kappa shape index (κ3) is 1.92. The number of hydrogen-bond acceptors (Lipinski definition) is 2. The highest BCUT2D eigenvalue weighted by atomic mass is 16.4. The SMILES string of the molecule is CCC(C)N1CCC(CC)(C(=O)O)C1. The fourth-order valence-electron chi connectivity index (χ4n) is 2.15. The molecule has 3 heteroatoms.